The molecule has 116 valence electrons. The second kappa shape index (κ2) is 6.77. The number of nitrogens with one attached hydrogen (secondary N) is 2. The summed E-state index contributed by atoms with van der Waals surface area (Å²) >= 11 is 0. The summed E-state index contributed by atoms with van der Waals surface area (Å²) in [4.78, 5) is 23.9. The van der Waals surface area contributed by atoms with E-state index in [1.165, 1.54) is 31.3 Å². The summed E-state index contributed by atoms with van der Waals surface area (Å²) in [6, 6.07) is 7.27. The number of rotatable bonds is 5. The molecule has 1 atom stereocenters. The summed E-state index contributed by atoms with van der Waals surface area (Å²) in [5.41, 5.74) is 3.08. The highest BCUT2D eigenvalue weighted by Crippen LogP contribution is 2.27. The van der Waals surface area contributed by atoms with Gasteiger partial charge in [-0.15, -0.1) is 0 Å². The second-order valence-corrected chi connectivity index (χ2v) is 6.03. The summed E-state index contributed by atoms with van der Waals surface area (Å²) in [5, 5.41) is 5.85. The van der Waals surface area contributed by atoms with Crippen molar-refractivity contribution in [3.05, 3.63) is 47.0 Å². The first-order valence-corrected chi connectivity index (χ1v) is 8.08. The molecule has 0 saturated heterocycles. The number of amides is 2. The van der Waals surface area contributed by atoms with Gasteiger partial charge >= 0.3 is 0 Å². The molecule has 0 aromatic heterocycles. The van der Waals surface area contributed by atoms with Crippen molar-refractivity contribution in [3.63, 3.8) is 0 Å². The molecule has 1 aliphatic carbocycles. The Morgan fingerprint density at radius 3 is 2.95 bits per heavy atom. The molecular formula is C18H22N2O2. The Morgan fingerprint density at radius 2 is 2.14 bits per heavy atom. The summed E-state index contributed by atoms with van der Waals surface area (Å²) in [7, 11) is 0. The lowest BCUT2D eigenvalue weighted by molar-refractivity contribution is -0.121. The van der Waals surface area contributed by atoms with Crippen LogP contribution in [0.4, 0.5) is 0 Å². The first-order valence-electron chi connectivity index (χ1n) is 8.08. The highest BCUT2D eigenvalue weighted by molar-refractivity contribution is 5.99. The van der Waals surface area contributed by atoms with Crippen molar-refractivity contribution in [1.29, 1.82) is 0 Å². The molecule has 1 aromatic rings. The monoisotopic (exact) mass is 298 g/mol. The number of hydrogen-bond acceptors (Lipinski definition) is 2. The fourth-order valence-corrected chi connectivity index (χ4v) is 3.23. The van der Waals surface area contributed by atoms with E-state index in [4.69, 9.17) is 0 Å². The summed E-state index contributed by atoms with van der Waals surface area (Å²) in [6.07, 6.45) is 8.46. The van der Waals surface area contributed by atoms with Crippen LogP contribution in [0.1, 0.15) is 60.5 Å². The molecule has 4 nitrogen and oxygen atoms in total. The van der Waals surface area contributed by atoms with E-state index in [2.05, 4.69) is 16.7 Å². The van der Waals surface area contributed by atoms with Gasteiger partial charge in [0.15, 0.2) is 0 Å². The largest absolute Gasteiger partial charge is 0.356 e. The Bertz CT molecular complexity index is 607. The minimum Gasteiger partial charge on any atom is -0.356 e. The third-order valence-electron chi connectivity index (χ3n) is 4.43. The third-order valence-corrected chi connectivity index (χ3v) is 4.43. The molecule has 0 spiro atoms. The van der Waals surface area contributed by atoms with E-state index < -0.39 is 0 Å². The zero-order valence-electron chi connectivity index (χ0n) is 12.7. The molecule has 2 aliphatic rings. The number of allylic oxidation sites excluding steroid dienone is 1. The van der Waals surface area contributed by atoms with Gasteiger partial charge in [0.25, 0.3) is 5.91 Å². The minimum absolute atomic E-state index is 0.00147. The summed E-state index contributed by atoms with van der Waals surface area (Å²) in [5.74, 6) is -0.0841. The average Bonchev–Trinajstić information content (AvgIpc) is 2.85. The third kappa shape index (κ3) is 3.38. The van der Waals surface area contributed by atoms with Gasteiger partial charge in [-0.3, -0.25) is 9.59 Å². The Kier molecular flexibility index (Phi) is 4.56. The van der Waals surface area contributed by atoms with Crippen LogP contribution >= 0.6 is 0 Å². The van der Waals surface area contributed by atoms with Gasteiger partial charge < -0.3 is 10.6 Å². The highest BCUT2D eigenvalue weighted by Gasteiger charge is 2.29. The van der Waals surface area contributed by atoms with Crippen LogP contribution in [0.25, 0.3) is 0 Å². The lowest BCUT2D eigenvalue weighted by Crippen LogP contribution is -2.29. The maximum Gasteiger partial charge on any atom is 0.252 e. The Balaban J connectivity index is 1.48. The van der Waals surface area contributed by atoms with E-state index in [1.807, 2.05) is 18.2 Å². The molecule has 4 heteroatoms. The predicted molar refractivity (Wildman–Crippen MR) is 85.4 cm³/mol. The van der Waals surface area contributed by atoms with Gasteiger partial charge in [0.1, 0.15) is 0 Å². The number of benzene rings is 1. The van der Waals surface area contributed by atoms with Crippen LogP contribution in [-0.4, -0.2) is 18.4 Å². The van der Waals surface area contributed by atoms with Crippen molar-refractivity contribution in [2.24, 2.45) is 0 Å². The van der Waals surface area contributed by atoms with E-state index >= 15 is 0 Å². The van der Waals surface area contributed by atoms with E-state index in [9.17, 15) is 9.59 Å². The fraction of sp³-hybridized carbons (Fsp3) is 0.444. The Morgan fingerprint density at radius 1 is 1.27 bits per heavy atom. The van der Waals surface area contributed by atoms with E-state index in [1.54, 1.807) is 6.07 Å². The molecule has 2 N–H and O–H groups in total. The molecule has 0 bridgehead atoms. The molecule has 1 aliphatic heterocycles. The summed E-state index contributed by atoms with van der Waals surface area (Å²) in [6.45, 7) is 0.687. The van der Waals surface area contributed by atoms with Gasteiger partial charge in [0.05, 0.1) is 12.5 Å². The molecule has 2 amide bonds. The SMILES string of the molecule is O=C(CC1NC(=O)c2ccccc21)NCCC1=CCCCC1. The topological polar surface area (TPSA) is 58.2 Å². The maximum atomic E-state index is 12.1. The van der Waals surface area contributed by atoms with Crippen molar-refractivity contribution < 1.29 is 9.59 Å². The van der Waals surface area contributed by atoms with Gasteiger partial charge in [-0.25, -0.2) is 0 Å². The van der Waals surface area contributed by atoms with E-state index in [0.29, 0.717) is 18.5 Å². The van der Waals surface area contributed by atoms with Crippen LogP contribution in [0.3, 0.4) is 0 Å². The minimum atomic E-state index is -0.197. The molecule has 0 radical (unpaired) electrons. The molecule has 0 fully saturated rings. The van der Waals surface area contributed by atoms with E-state index in [0.717, 1.165) is 12.0 Å². The van der Waals surface area contributed by atoms with Gasteiger partial charge in [0.2, 0.25) is 5.91 Å². The smallest absolute Gasteiger partial charge is 0.252 e. The van der Waals surface area contributed by atoms with E-state index in [-0.39, 0.29) is 17.9 Å². The lowest BCUT2D eigenvalue weighted by atomic mass is 9.97. The molecule has 1 heterocycles. The van der Waals surface area contributed by atoms with Crippen molar-refractivity contribution in [2.45, 2.75) is 44.6 Å². The molecule has 0 saturated carbocycles. The van der Waals surface area contributed by atoms with Crippen LogP contribution in [0.5, 0.6) is 0 Å². The first-order chi connectivity index (χ1) is 10.7. The van der Waals surface area contributed by atoms with Crippen LogP contribution in [0.15, 0.2) is 35.9 Å². The number of hydrogen-bond donors (Lipinski definition) is 2. The van der Waals surface area contributed by atoms with Gasteiger partial charge in [-0.1, -0.05) is 29.8 Å². The summed E-state index contributed by atoms with van der Waals surface area (Å²) < 4.78 is 0. The van der Waals surface area contributed by atoms with Crippen LogP contribution in [0, 0.1) is 0 Å². The molecule has 1 aromatic carbocycles. The Labute approximate surface area is 131 Å². The highest BCUT2D eigenvalue weighted by atomic mass is 16.2. The normalized spacial score (nSPS) is 20.1. The first kappa shape index (κ1) is 14.8. The lowest BCUT2D eigenvalue weighted by Gasteiger charge is -2.14. The Hall–Kier alpha value is -2.10. The van der Waals surface area contributed by atoms with Crippen molar-refractivity contribution in [1.82, 2.24) is 10.6 Å². The molecule has 3 rings (SSSR count). The van der Waals surface area contributed by atoms with Gasteiger partial charge in [-0.2, -0.15) is 0 Å². The zero-order valence-corrected chi connectivity index (χ0v) is 12.7. The van der Waals surface area contributed by atoms with Crippen molar-refractivity contribution in [3.8, 4) is 0 Å². The quantitative estimate of drug-likeness (QED) is 0.821. The van der Waals surface area contributed by atoms with Crippen molar-refractivity contribution >= 4 is 11.8 Å². The number of carbonyl (C=O) groups is 2. The van der Waals surface area contributed by atoms with Crippen LogP contribution in [0.2, 0.25) is 0 Å². The second-order valence-electron chi connectivity index (χ2n) is 6.03. The van der Waals surface area contributed by atoms with Crippen LogP contribution in [-0.2, 0) is 4.79 Å². The zero-order chi connectivity index (χ0) is 15.4. The standard InChI is InChI=1S/C18H22N2O2/c21-17(19-11-10-13-6-2-1-3-7-13)12-16-14-8-4-5-9-15(14)18(22)20-16/h4-6,8-9,16H,1-3,7,10-12H2,(H,19,21)(H,20,22). The van der Waals surface area contributed by atoms with Crippen LogP contribution < -0.4 is 10.6 Å². The maximum absolute atomic E-state index is 12.1. The predicted octanol–water partition coefficient (Wildman–Crippen LogP) is 2.87. The fourth-order valence-electron chi connectivity index (χ4n) is 3.23. The number of fused-ring (bicyclic) bond motifs is 1. The molecule has 1 unspecified atom stereocenters. The van der Waals surface area contributed by atoms with Crippen molar-refractivity contribution in [2.75, 3.05) is 6.54 Å². The molecular weight excluding hydrogens is 276 g/mol. The van der Waals surface area contributed by atoms with Gasteiger partial charge in [-0.05, 0) is 43.7 Å². The average molecular weight is 298 g/mol. The number of carbonyl (C=O) groups excluding carboxylic acids is 2. The van der Waals surface area contributed by atoms with Gasteiger partial charge in [0, 0.05) is 12.1 Å². The molecule has 22 heavy (non-hydrogen) atoms.